The van der Waals surface area contributed by atoms with Crippen LogP contribution in [0.15, 0.2) is 40.5 Å². The molecule has 0 saturated heterocycles. The van der Waals surface area contributed by atoms with E-state index in [-0.39, 0.29) is 17.4 Å². The topological polar surface area (TPSA) is 92.9 Å². The van der Waals surface area contributed by atoms with Gasteiger partial charge in [0.15, 0.2) is 0 Å². The third kappa shape index (κ3) is 3.68. The second kappa shape index (κ2) is 8.13. The minimum absolute atomic E-state index is 0.0429. The molecule has 2 aliphatic rings. The zero-order valence-electron chi connectivity index (χ0n) is 18.3. The number of carbonyl (C=O) groups is 2. The Kier molecular flexibility index (Phi) is 5.92. The van der Waals surface area contributed by atoms with Gasteiger partial charge in [0.1, 0.15) is 5.78 Å². The smallest absolute Gasteiger partial charge is 0.269 e. The molecule has 3 rings (SSSR count). The van der Waals surface area contributed by atoms with Crippen LogP contribution in [0.3, 0.4) is 0 Å². The number of allylic oxidation sites excluding steroid dienone is 1. The molecule has 0 spiro atoms. The van der Waals surface area contributed by atoms with Gasteiger partial charge in [0.05, 0.1) is 10.8 Å². The first-order valence-electron chi connectivity index (χ1n) is 10.5. The highest BCUT2D eigenvalue weighted by atomic mass is 16.6. The third-order valence-electron chi connectivity index (χ3n) is 6.38. The van der Waals surface area contributed by atoms with Gasteiger partial charge in [-0.1, -0.05) is 26.0 Å². The van der Waals surface area contributed by atoms with Crippen LogP contribution in [0.25, 0.3) is 0 Å². The van der Waals surface area contributed by atoms with Crippen molar-refractivity contribution < 1.29 is 14.5 Å². The molecule has 1 aromatic carbocycles. The van der Waals surface area contributed by atoms with E-state index in [1.165, 1.54) is 12.1 Å². The van der Waals surface area contributed by atoms with Crippen molar-refractivity contribution in [3.8, 4) is 0 Å². The van der Waals surface area contributed by atoms with E-state index < -0.39 is 22.2 Å². The highest BCUT2D eigenvalue weighted by molar-refractivity contribution is 6.13. The minimum Gasteiger partial charge on any atom is -0.339 e. The summed E-state index contributed by atoms with van der Waals surface area (Å²) in [5, 5.41) is 11.4. The molecule has 1 aliphatic carbocycles. The second-order valence-corrected chi connectivity index (χ2v) is 8.64. The van der Waals surface area contributed by atoms with Gasteiger partial charge in [-0.25, -0.2) is 0 Å². The molecular formula is C23H29N3O4. The van der Waals surface area contributed by atoms with Crippen molar-refractivity contribution in [2.45, 2.75) is 53.4 Å². The van der Waals surface area contributed by atoms with E-state index in [4.69, 9.17) is 4.99 Å². The van der Waals surface area contributed by atoms with Gasteiger partial charge in [-0.15, -0.1) is 0 Å². The Morgan fingerprint density at radius 1 is 1.27 bits per heavy atom. The number of aliphatic imine (C=N–C) groups is 1. The predicted molar refractivity (Wildman–Crippen MR) is 115 cm³/mol. The number of benzene rings is 1. The maximum Gasteiger partial charge on any atom is 0.269 e. The summed E-state index contributed by atoms with van der Waals surface area (Å²) >= 11 is 0. The minimum atomic E-state index is -0.575. The van der Waals surface area contributed by atoms with Crippen molar-refractivity contribution in [2.75, 3.05) is 13.1 Å². The summed E-state index contributed by atoms with van der Waals surface area (Å²) in [4.78, 5) is 44.3. The maximum atomic E-state index is 13.5. The number of nitrogens with zero attached hydrogens (tertiary/aromatic N) is 3. The molecule has 2 unspecified atom stereocenters. The number of hydrogen-bond donors (Lipinski definition) is 0. The molecule has 7 nitrogen and oxygen atoms in total. The average molecular weight is 412 g/mol. The summed E-state index contributed by atoms with van der Waals surface area (Å²) in [6.07, 6.45) is 1.38. The van der Waals surface area contributed by atoms with Gasteiger partial charge in [-0.3, -0.25) is 24.7 Å². The van der Waals surface area contributed by atoms with Crippen molar-refractivity contribution in [2.24, 2.45) is 16.3 Å². The molecule has 0 N–H and O–H groups in total. The predicted octanol–water partition coefficient (Wildman–Crippen LogP) is 4.28. The summed E-state index contributed by atoms with van der Waals surface area (Å²) in [6.45, 7) is 10.5. The van der Waals surface area contributed by atoms with Gasteiger partial charge >= 0.3 is 0 Å². The van der Waals surface area contributed by atoms with Gasteiger partial charge < -0.3 is 4.90 Å². The van der Waals surface area contributed by atoms with Gasteiger partial charge in [0, 0.05) is 53.5 Å². The van der Waals surface area contributed by atoms with Gasteiger partial charge in [0.25, 0.3) is 11.6 Å². The largest absolute Gasteiger partial charge is 0.339 e. The Morgan fingerprint density at radius 2 is 1.93 bits per heavy atom. The van der Waals surface area contributed by atoms with Gasteiger partial charge in [0.2, 0.25) is 0 Å². The molecular weight excluding hydrogens is 382 g/mol. The summed E-state index contributed by atoms with van der Waals surface area (Å²) in [5.41, 5.74) is 1.89. The summed E-state index contributed by atoms with van der Waals surface area (Å²) in [5.74, 6) is -1.26. The molecule has 1 saturated carbocycles. The van der Waals surface area contributed by atoms with Crippen molar-refractivity contribution in [1.82, 2.24) is 4.90 Å². The van der Waals surface area contributed by atoms with Crippen molar-refractivity contribution in [1.29, 1.82) is 0 Å². The lowest BCUT2D eigenvalue weighted by atomic mass is 9.62. The number of nitro groups is 1. The van der Waals surface area contributed by atoms with Crippen LogP contribution in [0.1, 0.15) is 58.9 Å². The van der Waals surface area contributed by atoms with E-state index in [1.54, 1.807) is 24.0 Å². The zero-order chi connectivity index (χ0) is 22.2. The van der Waals surface area contributed by atoms with Crippen molar-refractivity contribution >= 4 is 23.1 Å². The number of rotatable bonds is 5. The molecule has 160 valence electrons. The first-order valence-corrected chi connectivity index (χ1v) is 10.5. The molecule has 1 amide bonds. The van der Waals surface area contributed by atoms with Crippen molar-refractivity contribution in [3.63, 3.8) is 0 Å². The fourth-order valence-corrected chi connectivity index (χ4v) is 4.59. The van der Waals surface area contributed by atoms with Crippen LogP contribution in [0.5, 0.6) is 0 Å². The Labute approximate surface area is 177 Å². The molecule has 7 heteroatoms. The molecule has 1 heterocycles. The second-order valence-electron chi connectivity index (χ2n) is 8.64. The fourth-order valence-electron chi connectivity index (χ4n) is 4.59. The highest BCUT2D eigenvalue weighted by Crippen LogP contribution is 2.47. The molecule has 30 heavy (non-hydrogen) atoms. The van der Waals surface area contributed by atoms with Crippen LogP contribution in [-0.2, 0) is 9.59 Å². The first kappa shape index (κ1) is 21.9. The Hall–Kier alpha value is -2.83. The van der Waals surface area contributed by atoms with Gasteiger partial charge in [-0.05, 0) is 39.2 Å². The first-order chi connectivity index (χ1) is 14.1. The van der Waals surface area contributed by atoms with Crippen molar-refractivity contribution in [3.05, 3.63) is 51.2 Å². The SMILES string of the molecule is CCN(CC)C(=O)C1=C(C)N=C2CCC(C)(C)C(=O)C2C1c1cccc([N+](=O)[O-])c1. The number of carbonyl (C=O) groups excluding carboxylic acids is 2. The standard InChI is InChI=1S/C23H29N3O4/c1-6-25(7-2)22(28)18-14(3)24-17-11-12-23(4,5)21(27)20(17)19(18)15-9-8-10-16(13-15)26(29)30/h8-10,13,19-20H,6-7,11-12H2,1-5H3. The monoisotopic (exact) mass is 411 g/mol. The number of ketones is 1. The number of fused-ring (bicyclic) bond motifs is 1. The molecule has 2 atom stereocenters. The number of nitro benzene ring substituents is 1. The van der Waals surface area contributed by atoms with Crippen LogP contribution in [0.2, 0.25) is 0 Å². The van der Waals surface area contributed by atoms with Gasteiger partial charge in [-0.2, -0.15) is 0 Å². The van der Waals surface area contributed by atoms with Crippen LogP contribution in [0.4, 0.5) is 5.69 Å². The van der Waals surface area contributed by atoms with Crippen LogP contribution < -0.4 is 0 Å². The summed E-state index contributed by atoms with van der Waals surface area (Å²) in [7, 11) is 0. The van der Waals surface area contributed by atoms with Crippen LogP contribution >= 0.6 is 0 Å². The summed E-state index contributed by atoms with van der Waals surface area (Å²) < 4.78 is 0. The van der Waals surface area contributed by atoms with E-state index in [0.717, 1.165) is 5.71 Å². The lowest BCUT2D eigenvalue weighted by molar-refractivity contribution is -0.384. The lowest BCUT2D eigenvalue weighted by Crippen LogP contribution is -2.47. The van der Waals surface area contributed by atoms with E-state index in [0.29, 0.717) is 42.8 Å². The summed E-state index contributed by atoms with van der Waals surface area (Å²) in [6, 6.07) is 6.31. The maximum absolute atomic E-state index is 13.5. The molecule has 1 fully saturated rings. The quantitative estimate of drug-likeness (QED) is 0.534. The number of non-ortho nitro benzene ring substituents is 1. The Morgan fingerprint density at radius 3 is 2.53 bits per heavy atom. The van der Waals surface area contributed by atoms with Crippen LogP contribution in [0, 0.1) is 21.4 Å². The molecule has 0 aromatic heterocycles. The number of likely N-dealkylation sites (N-methyl/N-ethyl adjacent to an activating group) is 1. The number of amides is 1. The third-order valence-corrected chi connectivity index (χ3v) is 6.38. The lowest BCUT2D eigenvalue weighted by Gasteiger charge is -2.42. The fraction of sp³-hybridized carbons (Fsp3) is 0.522. The number of Topliss-reactive ketones (excluding diaryl/α,β-unsaturated/α-hetero) is 1. The molecule has 1 aliphatic heterocycles. The molecule has 0 bridgehead atoms. The Balaban J connectivity index is 2.23. The zero-order valence-corrected chi connectivity index (χ0v) is 18.3. The van der Waals surface area contributed by atoms with E-state index in [9.17, 15) is 19.7 Å². The highest BCUT2D eigenvalue weighted by Gasteiger charge is 2.49. The average Bonchev–Trinajstić information content (AvgIpc) is 2.71. The van der Waals surface area contributed by atoms with E-state index in [2.05, 4.69) is 0 Å². The number of hydrogen-bond acceptors (Lipinski definition) is 5. The van der Waals surface area contributed by atoms with E-state index in [1.807, 2.05) is 27.7 Å². The normalized spacial score (nSPS) is 23.0. The molecule has 1 aromatic rings. The Bertz CT molecular complexity index is 957. The molecule has 0 radical (unpaired) electrons. The van der Waals surface area contributed by atoms with Crippen LogP contribution in [-0.4, -0.2) is 40.3 Å². The van der Waals surface area contributed by atoms with E-state index >= 15 is 0 Å².